The summed E-state index contributed by atoms with van der Waals surface area (Å²) < 4.78 is 22.9. The van der Waals surface area contributed by atoms with E-state index in [0.29, 0.717) is 5.82 Å². The summed E-state index contributed by atoms with van der Waals surface area (Å²) in [6.07, 6.45) is 2.62. The maximum Gasteiger partial charge on any atom is 0.248 e. The highest BCUT2D eigenvalue weighted by Gasteiger charge is 2.31. The summed E-state index contributed by atoms with van der Waals surface area (Å²) in [5, 5.41) is 3.20. The van der Waals surface area contributed by atoms with Crippen LogP contribution in [0.2, 0.25) is 0 Å². The number of anilines is 1. The minimum Gasteiger partial charge on any atom is -0.349 e. The molecule has 1 aromatic rings. The highest BCUT2D eigenvalue weighted by molar-refractivity contribution is 7.90. The monoisotopic (exact) mass is 270 g/mol. The van der Waals surface area contributed by atoms with Gasteiger partial charge in [0.1, 0.15) is 5.82 Å². The fraction of sp³-hybridized carbons (Fsp3) is 0.636. The molecular formula is C11H18N4O2S. The molecule has 1 aliphatic heterocycles. The lowest BCUT2D eigenvalue weighted by atomic mass is 10.0. The van der Waals surface area contributed by atoms with E-state index in [2.05, 4.69) is 34.0 Å². The number of rotatable bonds is 2. The van der Waals surface area contributed by atoms with Gasteiger partial charge in [-0.05, 0) is 19.9 Å². The van der Waals surface area contributed by atoms with Gasteiger partial charge in [0.2, 0.25) is 15.0 Å². The molecule has 0 saturated carbocycles. The molecule has 0 amide bonds. The summed E-state index contributed by atoms with van der Waals surface area (Å²) in [4.78, 5) is 10.1. The van der Waals surface area contributed by atoms with Crippen LogP contribution in [0.3, 0.4) is 0 Å². The van der Waals surface area contributed by atoms with E-state index >= 15 is 0 Å². The van der Waals surface area contributed by atoms with E-state index in [-0.39, 0.29) is 10.7 Å². The third-order valence-corrected chi connectivity index (χ3v) is 3.89. The molecule has 1 aromatic heterocycles. The number of hydrogen-bond donors (Lipinski definition) is 1. The topological polar surface area (TPSA) is 75.2 Å². The molecule has 0 unspecified atom stereocenters. The second-order valence-corrected chi connectivity index (χ2v) is 7.02. The average Bonchev–Trinajstić information content (AvgIpc) is 2.27. The number of sulfone groups is 1. The fourth-order valence-electron chi connectivity index (χ4n) is 2.07. The van der Waals surface area contributed by atoms with E-state index in [4.69, 9.17) is 0 Å². The Bertz CT molecular complexity index is 542. The van der Waals surface area contributed by atoms with Crippen LogP contribution in [0.25, 0.3) is 0 Å². The molecule has 0 spiro atoms. The van der Waals surface area contributed by atoms with Gasteiger partial charge < -0.3 is 10.2 Å². The smallest absolute Gasteiger partial charge is 0.248 e. The summed E-state index contributed by atoms with van der Waals surface area (Å²) in [5.74, 6) is 0.664. The van der Waals surface area contributed by atoms with Crippen molar-refractivity contribution in [3.63, 3.8) is 0 Å². The molecule has 6 nitrogen and oxygen atoms in total. The van der Waals surface area contributed by atoms with Crippen molar-refractivity contribution in [2.75, 3.05) is 30.8 Å². The molecule has 18 heavy (non-hydrogen) atoms. The van der Waals surface area contributed by atoms with E-state index in [1.54, 1.807) is 6.07 Å². The fourth-order valence-corrected chi connectivity index (χ4v) is 2.58. The summed E-state index contributed by atoms with van der Waals surface area (Å²) >= 11 is 0. The summed E-state index contributed by atoms with van der Waals surface area (Å²) in [6.45, 7) is 6.70. The Morgan fingerprint density at radius 3 is 2.78 bits per heavy atom. The first-order valence-corrected chi connectivity index (χ1v) is 7.71. The van der Waals surface area contributed by atoms with Crippen LogP contribution >= 0.6 is 0 Å². The van der Waals surface area contributed by atoms with E-state index < -0.39 is 9.84 Å². The number of aromatic nitrogens is 2. The first kappa shape index (κ1) is 13.2. The van der Waals surface area contributed by atoms with Crippen LogP contribution in [0.5, 0.6) is 0 Å². The zero-order chi connectivity index (χ0) is 13.4. The SMILES string of the molecule is CC1(C)CNCCN1c1ccnc(S(C)(=O)=O)n1. The summed E-state index contributed by atoms with van der Waals surface area (Å²) in [5.41, 5.74) is -0.0959. The van der Waals surface area contributed by atoms with Crippen molar-refractivity contribution >= 4 is 15.7 Å². The van der Waals surface area contributed by atoms with Crippen LogP contribution in [-0.2, 0) is 9.84 Å². The standard InChI is InChI=1S/C11H18N4O2S/c1-11(2)8-12-6-7-15(11)9-4-5-13-10(14-9)18(3,16)17/h4-5,12H,6-8H2,1-3H3. The van der Waals surface area contributed by atoms with Gasteiger partial charge >= 0.3 is 0 Å². The maximum atomic E-state index is 11.5. The predicted octanol–water partition coefficient (Wildman–Crippen LogP) is 0.0683. The molecule has 0 aliphatic carbocycles. The summed E-state index contributed by atoms with van der Waals surface area (Å²) in [6, 6.07) is 1.75. The Morgan fingerprint density at radius 2 is 2.17 bits per heavy atom. The Morgan fingerprint density at radius 1 is 1.44 bits per heavy atom. The van der Waals surface area contributed by atoms with E-state index in [9.17, 15) is 8.42 Å². The first-order valence-electron chi connectivity index (χ1n) is 5.82. The van der Waals surface area contributed by atoms with E-state index in [1.807, 2.05) is 0 Å². The molecular weight excluding hydrogens is 252 g/mol. The van der Waals surface area contributed by atoms with E-state index in [1.165, 1.54) is 6.20 Å². The van der Waals surface area contributed by atoms with Gasteiger partial charge in [-0.25, -0.2) is 18.4 Å². The molecule has 1 fully saturated rings. The highest BCUT2D eigenvalue weighted by atomic mass is 32.2. The number of nitrogens with one attached hydrogen (secondary N) is 1. The van der Waals surface area contributed by atoms with Gasteiger partial charge in [0, 0.05) is 37.6 Å². The molecule has 2 heterocycles. The second kappa shape index (κ2) is 4.47. The summed E-state index contributed by atoms with van der Waals surface area (Å²) in [7, 11) is -3.37. The van der Waals surface area contributed by atoms with Crippen molar-refractivity contribution in [2.45, 2.75) is 24.5 Å². The maximum absolute atomic E-state index is 11.5. The van der Waals surface area contributed by atoms with Crippen LogP contribution in [0, 0.1) is 0 Å². The van der Waals surface area contributed by atoms with Crippen molar-refractivity contribution in [1.29, 1.82) is 0 Å². The molecule has 0 bridgehead atoms. The average molecular weight is 270 g/mol. The van der Waals surface area contributed by atoms with E-state index in [0.717, 1.165) is 25.9 Å². The van der Waals surface area contributed by atoms with Gasteiger partial charge in [0.15, 0.2) is 0 Å². The first-order chi connectivity index (χ1) is 8.31. The largest absolute Gasteiger partial charge is 0.349 e. The van der Waals surface area contributed by atoms with Crippen molar-refractivity contribution in [3.8, 4) is 0 Å². The number of nitrogens with zero attached hydrogens (tertiary/aromatic N) is 3. The predicted molar refractivity (Wildman–Crippen MR) is 69.4 cm³/mol. The van der Waals surface area contributed by atoms with Crippen molar-refractivity contribution in [2.24, 2.45) is 0 Å². The molecule has 1 aliphatic rings. The Kier molecular flexibility index (Phi) is 3.29. The molecule has 0 radical (unpaired) electrons. The van der Waals surface area contributed by atoms with Crippen molar-refractivity contribution in [3.05, 3.63) is 12.3 Å². The van der Waals surface area contributed by atoms with Gasteiger partial charge in [-0.1, -0.05) is 0 Å². The third-order valence-electron chi connectivity index (χ3n) is 3.03. The van der Waals surface area contributed by atoms with Crippen LogP contribution in [0.1, 0.15) is 13.8 Å². The lowest BCUT2D eigenvalue weighted by Crippen LogP contribution is -2.58. The molecule has 0 aromatic carbocycles. The number of piperazine rings is 1. The van der Waals surface area contributed by atoms with Gasteiger partial charge in [-0.2, -0.15) is 0 Å². The molecule has 2 rings (SSSR count). The second-order valence-electron chi connectivity index (χ2n) is 5.11. The van der Waals surface area contributed by atoms with Gasteiger partial charge in [0.05, 0.1) is 0 Å². The van der Waals surface area contributed by atoms with Crippen LogP contribution in [0.15, 0.2) is 17.4 Å². The minimum absolute atomic E-state index is 0.0959. The Hall–Kier alpha value is -1.21. The van der Waals surface area contributed by atoms with Crippen molar-refractivity contribution < 1.29 is 8.42 Å². The minimum atomic E-state index is -3.37. The molecule has 1 N–H and O–H groups in total. The lowest BCUT2D eigenvalue weighted by molar-refractivity contribution is 0.377. The quantitative estimate of drug-likeness (QED) is 0.766. The molecule has 100 valence electrons. The normalized spacial score (nSPS) is 19.8. The van der Waals surface area contributed by atoms with Crippen LogP contribution < -0.4 is 10.2 Å². The highest BCUT2D eigenvalue weighted by Crippen LogP contribution is 2.23. The van der Waals surface area contributed by atoms with Crippen LogP contribution in [0.4, 0.5) is 5.82 Å². The van der Waals surface area contributed by atoms with Crippen molar-refractivity contribution in [1.82, 2.24) is 15.3 Å². The van der Waals surface area contributed by atoms with Crippen LogP contribution in [-0.4, -0.2) is 49.8 Å². The Labute approximate surface area is 107 Å². The molecule has 0 atom stereocenters. The van der Waals surface area contributed by atoms with Gasteiger partial charge in [-0.15, -0.1) is 0 Å². The lowest BCUT2D eigenvalue weighted by Gasteiger charge is -2.43. The number of hydrogen-bond acceptors (Lipinski definition) is 6. The molecule has 1 saturated heterocycles. The zero-order valence-electron chi connectivity index (χ0n) is 10.8. The van der Waals surface area contributed by atoms with Gasteiger partial charge in [0.25, 0.3) is 0 Å². The molecule has 7 heteroatoms. The zero-order valence-corrected chi connectivity index (χ0v) is 11.7. The third kappa shape index (κ3) is 2.62. The Balaban J connectivity index is 2.39. The van der Waals surface area contributed by atoms with Gasteiger partial charge in [-0.3, -0.25) is 0 Å².